The van der Waals surface area contributed by atoms with Gasteiger partial charge in [-0.2, -0.15) is 0 Å². The molecule has 0 fully saturated rings. The number of aldehydes is 1. The number of hydrogen-bond donors (Lipinski definition) is 2. The van der Waals surface area contributed by atoms with Crippen molar-refractivity contribution in [1.82, 2.24) is 0 Å². The lowest BCUT2D eigenvalue weighted by Gasteiger charge is -2.11. The Labute approximate surface area is 86.3 Å². The zero-order valence-corrected chi connectivity index (χ0v) is 8.21. The third-order valence-corrected chi connectivity index (χ3v) is 2.06. The molecule has 4 nitrogen and oxygen atoms in total. The van der Waals surface area contributed by atoms with Gasteiger partial charge >= 0.3 is 0 Å². The first-order chi connectivity index (χ1) is 7.11. The van der Waals surface area contributed by atoms with Crippen molar-refractivity contribution >= 4 is 17.9 Å². The van der Waals surface area contributed by atoms with Crippen LogP contribution in [0.5, 0.6) is 0 Å². The van der Waals surface area contributed by atoms with Crippen LogP contribution in [-0.2, 0) is 11.2 Å². The van der Waals surface area contributed by atoms with Crippen LogP contribution < -0.4 is 11.1 Å². The highest BCUT2D eigenvalue weighted by Gasteiger charge is 2.15. The summed E-state index contributed by atoms with van der Waals surface area (Å²) in [7, 11) is 1.51. The first-order valence-corrected chi connectivity index (χ1v) is 4.34. The molecule has 0 radical (unpaired) electrons. The molecule has 0 saturated carbocycles. The van der Waals surface area contributed by atoms with E-state index in [0.717, 1.165) is 6.07 Å². The molecule has 5 heteroatoms. The van der Waals surface area contributed by atoms with Gasteiger partial charge in [-0.05, 0) is 17.7 Å². The quantitative estimate of drug-likeness (QED) is 0.719. The van der Waals surface area contributed by atoms with Crippen molar-refractivity contribution in [2.45, 2.75) is 6.42 Å². The van der Waals surface area contributed by atoms with E-state index in [4.69, 9.17) is 5.73 Å². The van der Waals surface area contributed by atoms with Gasteiger partial charge in [-0.25, -0.2) is 4.39 Å². The fraction of sp³-hybridized carbons (Fsp3) is 0.200. The van der Waals surface area contributed by atoms with E-state index in [9.17, 15) is 14.0 Å². The van der Waals surface area contributed by atoms with E-state index in [1.165, 1.54) is 13.1 Å². The molecule has 1 aromatic rings. The summed E-state index contributed by atoms with van der Waals surface area (Å²) in [4.78, 5) is 21.5. The van der Waals surface area contributed by atoms with Crippen molar-refractivity contribution in [3.8, 4) is 0 Å². The molecule has 80 valence electrons. The van der Waals surface area contributed by atoms with Gasteiger partial charge in [0.15, 0.2) is 0 Å². The minimum absolute atomic E-state index is 0.0494. The maximum atomic E-state index is 13.3. The first kappa shape index (κ1) is 11.2. The molecule has 0 heterocycles. The normalized spacial score (nSPS) is 9.73. The molecule has 1 aromatic carbocycles. The fourth-order valence-corrected chi connectivity index (χ4v) is 1.42. The van der Waals surface area contributed by atoms with E-state index >= 15 is 0 Å². The summed E-state index contributed by atoms with van der Waals surface area (Å²) in [6.07, 6.45) is 0.550. The second-order valence-electron chi connectivity index (χ2n) is 2.93. The number of anilines is 1. The van der Waals surface area contributed by atoms with Crippen molar-refractivity contribution < 1.29 is 14.0 Å². The van der Waals surface area contributed by atoms with Gasteiger partial charge in [0.05, 0.1) is 5.69 Å². The van der Waals surface area contributed by atoms with Gasteiger partial charge in [0.25, 0.3) is 0 Å². The molecular weight excluding hydrogens is 199 g/mol. The molecule has 1 rings (SSSR count). The number of benzene rings is 1. The highest BCUT2D eigenvalue weighted by Crippen LogP contribution is 2.23. The average Bonchev–Trinajstić information content (AvgIpc) is 2.18. The Bertz CT molecular complexity index is 405. The topological polar surface area (TPSA) is 72.2 Å². The highest BCUT2D eigenvalue weighted by atomic mass is 19.1. The monoisotopic (exact) mass is 210 g/mol. The van der Waals surface area contributed by atoms with Gasteiger partial charge in [-0.3, -0.25) is 4.79 Å². The van der Waals surface area contributed by atoms with Crippen LogP contribution in [0.25, 0.3) is 0 Å². The zero-order valence-electron chi connectivity index (χ0n) is 8.21. The Morgan fingerprint density at radius 1 is 1.60 bits per heavy atom. The predicted octanol–water partition coefficient (Wildman–Crippen LogP) is 0.708. The Hall–Kier alpha value is -1.91. The van der Waals surface area contributed by atoms with Crippen molar-refractivity contribution in [2.75, 3.05) is 12.4 Å². The second kappa shape index (κ2) is 4.54. The molecule has 3 N–H and O–H groups in total. The van der Waals surface area contributed by atoms with E-state index in [2.05, 4.69) is 5.32 Å². The van der Waals surface area contributed by atoms with Gasteiger partial charge in [0.2, 0.25) is 5.91 Å². The number of carbonyl (C=O) groups is 2. The van der Waals surface area contributed by atoms with Gasteiger partial charge in [-0.1, -0.05) is 0 Å². The maximum Gasteiger partial charge on any atom is 0.249 e. The Balaban J connectivity index is 3.40. The third kappa shape index (κ3) is 2.12. The highest BCUT2D eigenvalue weighted by molar-refractivity contribution is 5.96. The van der Waals surface area contributed by atoms with Gasteiger partial charge in [0.1, 0.15) is 12.1 Å². The van der Waals surface area contributed by atoms with Crippen LogP contribution in [0.1, 0.15) is 15.9 Å². The SMILES string of the molecule is CNc1c(F)ccc(C(N)=O)c1CC=O. The molecule has 15 heavy (non-hydrogen) atoms. The number of rotatable bonds is 4. The van der Waals surface area contributed by atoms with Crippen LogP contribution in [0.4, 0.5) is 10.1 Å². The summed E-state index contributed by atoms with van der Waals surface area (Å²) < 4.78 is 13.3. The molecule has 0 aliphatic rings. The number of halogens is 1. The summed E-state index contributed by atoms with van der Waals surface area (Å²) in [6, 6.07) is 2.41. The lowest BCUT2D eigenvalue weighted by molar-refractivity contribution is -0.107. The van der Waals surface area contributed by atoms with Crippen molar-refractivity contribution in [3.05, 3.63) is 29.1 Å². The number of hydrogen-bond acceptors (Lipinski definition) is 3. The molecule has 0 unspecified atom stereocenters. The van der Waals surface area contributed by atoms with Crippen LogP contribution in [0, 0.1) is 5.82 Å². The molecule has 0 bridgehead atoms. The zero-order chi connectivity index (χ0) is 11.4. The summed E-state index contributed by atoms with van der Waals surface area (Å²) in [6.45, 7) is 0. The minimum atomic E-state index is -0.677. The largest absolute Gasteiger partial charge is 0.386 e. The average molecular weight is 210 g/mol. The number of carbonyl (C=O) groups excluding carboxylic acids is 2. The van der Waals surface area contributed by atoms with E-state index < -0.39 is 11.7 Å². The molecule has 1 amide bonds. The molecular formula is C10H11FN2O2. The third-order valence-electron chi connectivity index (χ3n) is 2.06. The summed E-state index contributed by atoms with van der Waals surface area (Å²) >= 11 is 0. The number of primary amides is 1. The molecule has 0 saturated heterocycles. The van der Waals surface area contributed by atoms with Crippen molar-refractivity contribution in [1.29, 1.82) is 0 Å². The number of nitrogens with two attached hydrogens (primary N) is 1. The van der Waals surface area contributed by atoms with Crippen LogP contribution in [-0.4, -0.2) is 19.2 Å². The second-order valence-corrected chi connectivity index (χ2v) is 2.93. The van der Waals surface area contributed by atoms with E-state index in [1.54, 1.807) is 0 Å². The first-order valence-electron chi connectivity index (χ1n) is 4.34. The van der Waals surface area contributed by atoms with Gasteiger partial charge < -0.3 is 15.8 Å². The molecule has 0 aliphatic heterocycles. The molecule has 0 aliphatic carbocycles. The molecule has 0 spiro atoms. The smallest absolute Gasteiger partial charge is 0.249 e. The van der Waals surface area contributed by atoms with Crippen LogP contribution in [0.15, 0.2) is 12.1 Å². The van der Waals surface area contributed by atoms with Crippen LogP contribution >= 0.6 is 0 Å². The number of amides is 1. The van der Waals surface area contributed by atoms with E-state index in [0.29, 0.717) is 11.8 Å². The lowest BCUT2D eigenvalue weighted by atomic mass is 10.0. The Kier molecular flexibility index (Phi) is 3.38. The summed E-state index contributed by atoms with van der Waals surface area (Å²) in [5.74, 6) is -1.19. The minimum Gasteiger partial charge on any atom is -0.386 e. The van der Waals surface area contributed by atoms with Gasteiger partial charge in [0, 0.05) is 19.0 Å². The Morgan fingerprint density at radius 3 is 2.73 bits per heavy atom. The van der Waals surface area contributed by atoms with Crippen molar-refractivity contribution in [3.63, 3.8) is 0 Å². The standard InChI is InChI=1S/C10H11FN2O2/c1-13-9-6(4-5-14)7(10(12)15)2-3-8(9)11/h2-3,5,13H,4H2,1H3,(H2,12,15). The summed E-state index contributed by atoms with van der Waals surface area (Å²) in [5, 5.41) is 2.60. The van der Waals surface area contributed by atoms with Crippen LogP contribution in [0.2, 0.25) is 0 Å². The summed E-state index contributed by atoms with van der Waals surface area (Å²) in [5.41, 5.74) is 5.70. The van der Waals surface area contributed by atoms with E-state index in [-0.39, 0.29) is 17.7 Å². The van der Waals surface area contributed by atoms with Crippen LogP contribution in [0.3, 0.4) is 0 Å². The molecule has 0 aromatic heterocycles. The number of nitrogens with one attached hydrogen (secondary N) is 1. The maximum absolute atomic E-state index is 13.3. The Morgan fingerprint density at radius 2 is 2.27 bits per heavy atom. The predicted molar refractivity (Wildman–Crippen MR) is 54.2 cm³/mol. The van der Waals surface area contributed by atoms with Crippen molar-refractivity contribution in [2.24, 2.45) is 5.73 Å². The molecule has 0 atom stereocenters. The van der Waals surface area contributed by atoms with Gasteiger partial charge in [-0.15, -0.1) is 0 Å². The lowest BCUT2D eigenvalue weighted by Crippen LogP contribution is -2.16. The fourth-order valence-electron chi connectivity index (χ4n) is 1.42. The van der Waals surface area contributed by atoms with E-state index in [1.807, 2.05) is 0 Å².